The number of rotatable bonds is 4. The highest BCUT2D eigenvalue weighted by atomic mass is 16.6. The molecule has 2 rings (SSSR count). The maximum Gasteiger partial charge on any atom is 0.270 e. The average molecular weight is 312 g/mol. The van der Waals surface area contributed by atoms with Crippen LogP contribution in [0.1, 0.15) is 15.9 Å². The first kappa shape index (κ1) is 15.8. The summed E-state index contributed by atoms with van der Waals surface area (Å²) < 4.78 is 0. The van der Waals surface area contributed by atoms with Crippen molar-refractivity contribution in [2.45, 2.75) is 0 Å². The standard InChI is InChI=1S/C15H12N4O4/c20-14(17-18-15(21)12-6-8-16-9-7-12)5-4-11-2-1-3-13(10-11)19(22)23/h1-10H,(H,17,20)(H,18,21)/b5-4+. The van der Waals surface area contributed by atoms with Gasteiger partial charge >= 0.3 is 0 Å². The number of hydrogen-bond donors (Lipinski definition) is 2. The van der Waals surface area contributed by atoms with Gasteiger partial charge in [-0.15, -0.1) is 0 Å². The second-order valence-corrected chi connectivity index (χ2v) is 4.36. The highest BCUT2D eigenvalue weighted by Gasteiger charge is 2.06. The van der Waals surface area contributed by atoms with E-state index in [1.165, 1.54) is 48.8 Å². The van der Waals surface area contributed by atoms with Crippen LogP contribution < -0.4 is 10.9 Å². The number of aromatic nitrogens is 1. The fourth-order valence-corrected chi connectivity index (χ4v) is 1.65. The molecule has 0 bridgehead atoms. The number of benzene rings is 1. The Morgan fingerprint density at radius 2 is 1.87 bits per heavy atom. The first-order valence-corrected chi connectivity index (χ1v) is 6.49. The zero-order valence-corrected chi connectivity index (χ0v) is 11.8. The monoisotopic (exact) mass is 312 g/mol. The SMILES string of the molecule is O=C(/C=C/c1cccc([N+](=O)[O-])c1)NNC(=O)c1ccncc1. The molecule has 0 saturated carbocycles. The van der Waals surface area contributed by atoms with Gasteiger partial charge in [-0.05, 0) is 23.8 Å². The maximum absolute atomic E-state index is 11.7. The van der Waals surface area contributed by atoms with Crippen molar-refractivity contribution < 1.29 is 14.5 Å². The second kappa shape index (κ2) is 7.46. The Labute approximate surface area is 131 Å². The fraction of sp³-hybridized carbons (Fsp3) is 0. The van der Waals surface area contributed by atoms with Gasteiger partial charge in [0.15, 0.2) is 0 Å². The zero-order valence-electron chi connectivity index (χ0n) is 11.8. The highest BCUT2D eigenvalue weighted by molar-refractivity contribution is 5.97. The summed E-state index contributed by atoms with van der Waals surface area (Å²) in [5.74, 6) is -1.05. The summed E-state index contributed by atoms with van der Waals surface area (Å²) in [6, 6.07) is 8.82. The molecule has 1 aromatic carbocycles. The predicted octanol–water partition coefficient (Wildman–Crippen LogP) is 1.46. The van der Waals surface area contributed by atoms with Crippen LogP contribution in [0.15, 0.2) is 54.9 Å². The molecule has 0 unspecified atom stereocenters. The normalized spacial score (nSPS) is 10.3. The third-order valence-electron chi connectivity index (χ3n) is 2.75. The van der Waals surface area contributed by atoms with Gasteiger partial charge in [0.05, 0.1) is 4.92 Å². The molecule has 1 heterocycles. The van der Waals surface area contributed by atoms with E-state index >= 15 is 0 Å². The molecular formula is C15H12N4O4. The number of nitro benzene ring substituents is 1. The van der Waals surface area contributed by atoms with E-state index < -0.39 is 16.7 Å². The Morgan fingerprint density at radius 3 is 2.57 bits per heavy atom. The summed E-state index contributed by atoms with van der Waals surface area (Å²) >= 11 is 0. The van der Waals surface area contributed by atoms with Crippen LogP contribution >= 0.6 is 0 Å². The molecule has 2 amide bonds. The molecule has 8 heteroatoms. The van der Waals surface area contributed by atoms with Crippen molar-refractivity contribution in [1.82, 2.24) is 15.8 Å². The molecule has 1 aromatic heterocycles. The van der Waals surface area contributed by atoms with Gasteiger partial charge in [0, 0.05) is 36.2 Å². The largest absolute Gasteiger partial charge is 0.270 e. The highest BCUT2D eigenvalue weighted by Crippen LogP contribution is 2.13. The van der Waals surface area contributed by atoms with Crippen molar-refractivity contribution in [2.24, 2.45) is 0 Å². The number of carbonyl (C=O) groups is 2. The number of carbonyl (C=O) groups excluding carboxylic acids is 2. The lowest BCUT2D eigenvalue weighted by Crippen LogP contribution is -2.40. The molecule has 8 nitrogen and oxygen atoms in total. The van der Waals surface area contributed by atoms with E-state index in [4.69, 9.17) is 0 Å². The first-order chi connectivity index (χ1) is 11.1. The molecule has 0 spiro atoms. The molecule has 23 heavy (non-hydrogen) atoms. The Bertz CT molecular complexity index is 759. The number of hydrazine groups is 1. The van der Waals surface area contributed by atoms with Gasteiger partial charge in [0.1, 0.15) is 0 Å². The van der Waals surface area contributed by atoms with Crippen molar-refractivity contribution in [3.63, 3.8) is 0 Å². The lowest BCUT2D eigenvalue weighted by atomic mass is 10.2. The van der Waals surface area contributed by atoms with E-state index in [0.29, 0.717) is 11.1 Å². The Morgan fingerprint density at radius 1 is 1.13 bits per heavy atom. The van der Waals surface area contributed by atoms with Crippen LogP contribution in [-0.4, -0.2) is 21.7 Å². The number of pyridine rings is 1. The molecule has 0 aliphatic heterocycles. The van der Waals surface area contributed by atoms with E-state index in [9.17, 15) is 19.7 Å². The Balaban J connectivity index is 1.91. The minimum Gasteiger partial charge on any atom is -0.268 e. The van der Waals surface area contributed by atoms with Crippen molar-refractivity contribution in [2.75, 3.05) is 0 Å². The smallest absolute Gasteiger partial charge is 0.268 e. The van der Waals surface area contributed by atoms with Gasteiger partial charge in [-0.2, -0.15) is 0 Å². The van der Waals surface area contributed by atoms with Gasteiger partial charge in [0.25, 0.3) is 17.5 Å². The average Bonchev–Trinajstić information content (AvgIpc) is 2.58. The van der Waals surface area contributed by atoms with E-state index in [1.54, 1.807) is 6.07 Å². The summed E-state index contributed by atoms with van der Waals surface area (Å²) in [5, 5.41) is 10.7. The molecular weight excluding hydrogens is 300 g/mol. The molecule has 0 aliphatic rings. The minimum atomic E-state index is -0.570. The summed E-state index contributed by atoms with van der Waals surface area (Å²) in [5.41, 5.74) is 5.22. The van der Waals surface area contributed by atoms with Gasteiger partial charge in [-0.3, -0.25) is 35.5 Å². The number of nitrogens with one attached hydrogen (secondary N) is 2. The van der Waals surface area contributed by atoms with Gasteiger partial charge < -0.3 is 0 Å². The summed E-state index contributed by atoms with van der Waals surface area (Å²) in [6.45, 7) is 0. The van der Waals surface area contributed by atoms with E-state index in [1.807, 2.05) is 0 Å². The minimum absolute atomic E-state index is 0.0708. The molecule has 0 aliphatic carbocycles. The van der Waals surface area contributed by atoms with Crippen LogP contribution in [-0.2, 0) is 4.79 Å². The molecule has 2 N–H and O–H groups in total. The Kier molecular flexibility index (Phi) is 5.13. The summed E-state index contributed by atoms with van der Waals surface area (Å²) in [6.07, 6.45) is 5.48. The van der Waals surface area contributed by atoms with Crippen molar-refractivity contribution in [3.05, 3.63) is 76.1 Å². The molecule has 2 aromatic rings. The lowest BCUT2D eigenvalue weighted by molar-refractivity contribution is -0.384. The second-order valence-electron chi connectivity index (χ2n) is 4.36. The number of non-ortho nitro benzene ring substituents is 1. The van der Waals surface area contributed by atoms with Crippen molar-refractivity contribution in [1.29, 1.82) is 0 Å². The third-order valence-corrected chi connectivity index (χ3v) is 2.75. The number of hydrogen-bond acceptors (Lipinski definition) is 5. The quantitative estimate of drug-likeness (QED) is 0.504. The van der Waals surface area contributed by atoms with Gasteiger partial charge in [0.2, 0.25) is 0 Å². The van der Waals surface area contributed by atoms with Crippen LogP contribution in [0.2, 0.25) is 0 Å². The van der Waals surface area contributed by atoms with E-state index in [2.05, 4.69) is 15.8 Å². The van der Waals surface area contributed by atoms with Crippen LogP contribution in [0.25, 0.3) is 6.08 Å². The molecule has 0 fully saturated rings. The van der Waals surface area contributed by atoms with E-state index in [-0.39, 0.29) is 5.69 Å². The van der Waals surface area contributed by atoms with Crippen LogP contribution in [0.5, 0.6) is 0 Å². The van der Waals surface area contributed by atoms with Gasteiger partial charge in [-0.25, -0.2) is 0 Å². The van der Waals surface area contributed by atoms with Crippen molar-refractivity contribution >= 4 is 23.6 Å². The van der Waals surface area contributed by atoms with Crippen LogP contribution in [0.3, 0.4) is 0 Å². The maximum atomic E-state index is 11.7. The number of nitrogens with zero attached hydrogens (tertiary/aromatic N) is 2. The van der Waals surface area contributed by atoms with Crippen LogP contribution in [0.4, 0.5) is 5.69 Å². The molecule has 0 saturated heterocycles. The summed E-state index contributed by atoms with van der Waals surface area (Å²) in [7, 11) is 0. The zero-order chi connectivity index (χ0) is 16.7. The Hall–Kier alpha value is -3.55. The fourth-order valence-electron chi connectivity index (χ4n) is 1.65. The molecule has 0 atom stereocenters. The number of amides is 2. The van der Waals surface area contributed by atoms with Gasteiger partial charge in [-0.1, -0.05) is 12.1 Å². The van der Waals surface area contributed by atoms with Crippen molar-refractivity contribution in [3.8, 4) is 0 Å². The number of nitro groups is 1. The molecule has 0 radical (unpaired) electrons. The summed E-state index contributed by atoms with van der Waals surface area (Å²) in [4.78, 5) is 37.2. The topological polar surface area (TPSA) is 114 Å². The van der Waals surface area contributed by atoms with Crippen LogP contribution in [0, 0.1) is 10.1 Å². The third kappa shape index (κ3) is 4.74. The molecule has 116 valence electrons. The predicted molar refractivity (Wildman–Crippen MR) is 82.0 cm³/mol. The lowest BCUT2D eigenvalue weighted by Gasteiger charge is -2.04. The van der Waals surface area contributed by atoms with E-state index in [0.717, 1.165) is 6.08 Å². The first-order valence-electron chi connectivity index (χ1n) is 6.49.